The molecular weight excluding hydrogens is 304 g/mol. The summed E-state index contributed by atoms with van der Waals surface area (Å²) in [5.41, 5.74) is 2.23. The van der Waals surface area contributed by atoms with E-state index < -0.39 is 0 Å². The molecule has 0 aromatic heterocycles. The van der Waals surface area contributed by atoms with Gasteiger partial charge in [-0.3, -0.25) is 4.79 Å². The fraction of sp³-hybridized carbons (Fsp3) is 0.316. The van der Waals surface area contributed by atoms with Crippen molar-refractivity contribution in [2.24, 2.45) is 0 Å². The van der Waals surface area contributed by atoms with Gasteiger partial charge in [-0.2, -0.15) is 0 Å². The van der Waals surface area contributed by atoms with Crippen LogP contribution in [0.15, 0.2) is 48.5 Å². The summed E-state index contributed by atoms with van der Waals surface area (Å²) in [6.45, 7) is 1.61. The first-order chi connectivity index (χ1) is 11.6. The topological polar surface area (TPSA) is 61.8 Å². The summed E-state index contributed by atoms with van der Waals surface area (Å²) in [5.74, 6) is 0.385. The molecule has 5 heteroatoms. The molecule has 5 nitrogen and oxygen atoms in total. The van der Waals surface area contributed by atoms with Crippen molar-refractivity contribution in [1.82, 2.24) is 10.2 Å². The molecule has 128 valence electrons. The zero-order valence-electron chi connectivity index (χ0n) is 14.2. The third-order valence-corrected chi connectivity index (χ3v) is 3.66. The third kappa shape index (κ3) is 5.08. The number of hydrogen-bond donors (Lipinski definition) is 2. The van der Waals surface area contributed by atoms with Gasteiger partial charge in [0.25, 0.3) is 5.91 Å². The Morgan fingerprint density at radius 3 is 2.46 bits per heavy atom. The normalized spacial score (nSPS) is 10.7. The number of carbonyl (C=O) groups is 1. The van der Waals surface area contributed by atoms with Gasteiger partial charge in [0, 0.05) is 13.1 Å². The standard InChI is InChI=1S/C19H24N2O3/c1-21(2)11-12-24-18-10-6-5-9-17(18)19(23)20-13-15-7-3-4-8-16(15)14-22/h3-10,22H,11-14H2,1-2H3,(H,20,23). The zero-order chi connectivity index (χ0) is 17.4. The largest absolute Gasteiger partial charge is 0.491 e. The molecule has 0 atom stereocenters. The molecule has 0 aliphatic heterocycles. The number of aliphatic hydroxyl groups is 1. The van der Waals surface area contributed by atoms with E-state index in [-0.39, 0.29) is 12.5 Å². The van der Waals surface area contributed by atoms with Gasteiger partial charge in [0.1, 0.15) is 12.4 Å². The Morgan fingerprint density at radius 1 is 1.08 bits per heavy atom. The van der Waals surface area contributed by atoms with Gasteiger partial charge in [-0.15, -0.1) is 0 Å². The Bertz CT molecular complexity index is 671. The van der Waals surface area contributed by atoms with Crippen molar-refractivity contribution in [3.8, 4) is 5.75 Å². The molecule has 1 amide bonds. The van der Waals surface area contributed by atoms with E-state index in [2.05, 4.69) is 5.32 Å². The quantitative estimate of drug-likeness (QED) is 0.778. The number of likely N-dealkylation sites (N-methyl/N-ethyl adjacent to an activating group) is 1. The number of benzene rings is 2. The summed E-state index contributed by atoms with van der Waals surface area (Å²) in [6, 6.07) is 14.7. The van der Waals surface area contributed by atoms with Crippen LogP contribution in [0, 0.1) is 0 Å². The maximum Gasteiger partial charge on any atom is 0.255 e. The monoisotopic (exact) mass is 328 g/mol. The van der Waals surface area contributed by atoms with Gasteiger partial charge in [0.15, 0.2) is 0 Å². The summed E-state index contributed by atoms with van der Waals surface area (Å²) in [4.78, 5) is 14.5. The number of para-hydroxylation sites is 1. The summed E-state index contributed by atoms with van der Waals surface area (Å²) >= 11 is 0. The first-order valence-corrected chi connectivity index (χ1v) is 7.94. The third-order valence-electron chi connectivity index (χ3n) is 3.66. The number of hydrogen-bond acceptors (Lipinski definition) is 4. The van der Waals surface area contributed by atoms with Crippen LogP contribution in [0.3, 0.4) is 0 Å². The van der Waals surface area contributed by atoms with Crippen molar-refractivity contribution in [3.63, 3.8) is 0 Å². The van der Waals surface area contributed by atoms with E-state index in [0.717, 1.165) is 17.7 Å². The molecule has 0 aliphatic rings. The Morgan fingerprint density at radius 2 is 1.75 bits per heavy atom. The second-order valence-electron chi connectivity index (χ2n) is 5.76. The smallest absolute Gasteiger partial charge is 0.255 e. The second kappa shape index (κ2) is 9.05. The van der Waals surface area contributed by atoms with Gasteiger partial charge in [-0.25, -0.2) is 0 Å². The SMILES string of the molecule is CN(C)CCOc1ccccc1C(=O)NCc1ccccc1CO. The lowest BCUT2D eigenvalue weighted by molar-refractivity contribution is 0.0946. The van der Waals surface area contributed by atoms with Crippen LogP contribution in [-0.4, -0.2) is 43.2 Å². The van der Waals surface area contributed by atoms with Crippen LogP contribution < -0.4 is 10.1 Å². The fourth-order valence-electron chi connectivity index (χ4n) is 2.27. The number of nitrogens with one attached hydrogen (secondary N) is 1. The molecule has 0 spiro atoms. The minimum absolute atomic E-state index is 0.0454. The van der Waals surface area contributed by atoms with Crippen LogP contribution in [0.1, 0.15) is 21.5 Å². The molecule has 0 unspecified atom stereocenters. The zero-order valence-corrected chi connectivity index (χ0v) is 14.2. The number of aliphatic hydroxyl groups excluding tert-OH is 1. The van der Waals surface area contributed by atoms with E-state index in [1.54, 1.807) is 12.1 Å². The molecular formula is C19H24N2O3. The number of rotatable bonds is 8. The highest BCUT2D eigenvalue weighted by atomic mass is 16.5. The number of ether oxygens (including phenoxy) is 1. The molecule has 2 aromatic carbocycles. The van der Waals surface area contributed by atoms with Gasteiger partial charge in [-0.05, 0) is 37.4 Å². The Balaban J connectivity index is 2.01. The van der Waals surface area contributed by atoms with E-state index in [1.807, 2.05) is 55.4 Å². The molecule has 0 saturated carbocycles. The van der Waals surface area contributed by atoms with E-state index in [4.69, 9.17) is 4.74 Å². The summed E-state index contributed by atoms with van der Waals surface area (Å²) in [5, 5.41) is 12.2. The average Bonchev–Trinajstić information content (AvgIpc) is 2.60. The minimum atomic E-state index is -0.191. The van der Waals surface area contributed by atoms with Gasteiger partial charge in [-0.1, -0.05) is 36.4 Å². The van der Waals surface area contributed by atoms with Crippen LogP contribution in [0.5, 0.6) is 5.75 Å². The van der Waals surface area contributed by atoms with E-state index in [0.29, 0.717) is 24.5 Å². The van der Waals surface area contributed by atoms with Crippen molar-refractivity contribution >= 4 is 5.91 Å². The lowest BCUT2D eigenvalue weighted by Gasteiger charge is -2.14. The molecule has 0 fully saturated rings. The Labute approximate surface area is 142 Å². The predicted molar refractivity (Wildman–Crippen MR) is 94.0 cm³/mol. The maximum absolute atomic E-state index is 12.5. The molecule has 0 radical (unpaired) electrons. The lowest BCUT2D eigenvalue weighted by Crippen LogP contribution is -2.25. The maximum atomic E-state index is 12.5. The Kier molecular flexibility index (Phi) is 6.78. The first kappa shape index (κ1) is 18.0. The number of amides is 1. The second-order valence-corrected chi connectivity index (χ2v) is 5.76. The van der Waals surface area contributed by atoms with Crippen LogP contribution in [0.4, 0.5) is 0 Å². The molecule has 0 aliphatic carbocycles. The van der Waals surface area contributed by atoms with Gasteiger partial charge < -0.3 is 20.1 Å². The summed E-state index contributed by atoms with van der Waals surface area (Å²) < 4.78 is 5.72. The van der Waals surface area contributed by atoms with E-state index in [1.165, 1.54) is 0 Å². The van der Waals surface area contributed by atoms with Crippen molar-refractivity contribution in [1.29, 1.82) is 0 Å². The van der Waals surface area contributed by atoms with Crippen LogP contribution in [-0.2, 0) is 13.2 Å². The van der Waals surface area contributed by atoms with Crippen LogP contribution in [0.2, 0.25) is 0 Å². The van der Waals surface area contributed by atoms with Crippen LogP contribution in [0.25, 0.3) is 0 Å². The minimum Gasteiger partial charge on any atom is -0.491 e. The van der Waals surface area contributed by atoms with E-state index >= 15 is 0 Å². The predicted octanol–water partition coefficient (Wildman–Crippen LogP) is 2.05. The molecule has 0 bridgehead atoms. The lowest BCUT2D eigenvalue weighted by atomic mass is 10.1. The molecule has 24 heavy (non-hydrogen) atoms. The van der Waals surface area contributed by atoms with Crippen molar-refractivity contribution in [2.45, 2.75) is 13.2 Å². The highest BCUT2D eigenvalue weighted by Gasteiger charge is 2.12. The summed E-state index contributed by atoms with van der Waals surface area (Å²) in [7, 11) is 3.95. The highest BCUT2D eigenvalue weighted by molar-refractivity contribution is 5.96. The van der Waals surface area contributed by atoms with Crippen LogP contribution >= 0.6 is 0 Å². The summed E-state index contributed by atoms with van der Waals surface area (Å²) in [6.07, 6.45) is 0. The number of nitrogens with zero attached hydrogens (tertiary/aromatic N) is 1. The average molecular weight is 328 g/mol. The molecule has 0 heterocycles. The molecule has 2 aromatic rings. The van der Waals surface area contributed by atoms with Gasteiger partial charge in [0.05, 0.1) is 12.2 Å². The van der Waals surface area contributed by atoms with E-state index in [9.17, 15) is 9.90 Å². The van der Waals surface area contributed by atoms with Crippen molar-refractivity contribution < 1.29 is 14.6 Å². The first-order valence-electron chi connectivity index (χ1n) is 7.94. The molecule has 2 rings (SSSR count). The molecule has 0 saturated heterocycles. The highest BCUT2D eigenvalue weighted by Crippen LogP contribution is 2.18. The van der Waals surface area contributed by atoms with Gasteiger partial charge >= 0.3 is 0 Å². The van der Waals surface area contributed by atoms with Crippen molar-refractivity contribution in [2.75, 3.05) is 27.2 Å². The van der Waals surface area contributed by atoms with Gasteiger partial charge in [0.2, 0.25) is 0 Å². The Hall–Kier alpha value is -2.37. The van der Waals surface area contributed by atoms with Crippen molar-refractivity contribution in [3.05, 3.63) is 65.2 Å². The fourth-order valence-corrected chi connectivity index (χ4v) is 2.27. The molecule has 2 N–H and O–H groups in total. The number of carbonyl (C=O) groups excluding carboxylic acids is 1.